The fraction of sp³-hybridized carbons (Fsp3) is 0.421. The predicted octanol–water partition coefficient (Wildman–Crippen LogP) is 3.49. The molecule has 1 fully saturated rings. The minimum absolute atomic E-state index is 0.00886. The van der Waals surface area contributed by atoms with Gasteiger partial charge in [-0.15, -0.1) is 0 Å². The van der Waals surface area contributed by atoms with Gasteiger partial charge in [0.15, 0.2) is 9.84 Å². The average molecular weight is 361 g/mol. The number of hydrogen-bond acceptors (Lipinski definition) is 4. The average Bonchev–Trinajstić information content (AvgIpc) is 3.17. The lowest BCUT2D eigenvalue weighted by molar-refractivity contribution is -0.125. The number of nitrogens with one attached hydrogen (secondary N) is 1. The largest absolute Gasteiger partial charge is 0.468 e. The molecule has 1 aliphatic rings. The van der Waals surface area contributed by atoms with Crippen molar-refractivity contribution in [2.45, 2.75) is 42.2 Å². The summed E-state index contributed by atoms with van der Waals surface area (Å²) in [6.45, 7) is 0.0140. The van der Waals surface area contributed by atoms with Gasteiger partial charge < -0.3 is 9.73 Å². The lowest BCUT2D eigenvalue weighted by atomic mass is 9.89. The molecule has 0 spiro atoms. The van der Waals surface area contributed by atoms with Crippen molar-refractivity contribution in [1.82, 2.24) is 5.32 Å². The van der Waals surface area contributed by atoms with Gasteiger partial charge in [0.05, 0.1) is 11.2 Å². The first kappa shape index (κ1) is 17.7. The molecular formula is C19H23NO4S. The summed E-state index contributed by atoms with van der Waals surface area (Å²) in [4.78, 5) is 12.6. The standard InChI is InChI=1S/C19H23NO4S/c21-19(15-8-3-1-4-9-15)20-14-18(17-12-7-13-24-17)25(22,23)16-10-5-2-6-11-16/h2,5-7,10-13,15,18H,1,3-4,8-9,14H2,(H,20,21)/t18-/m0/s1. The van der Waals surface area contributed by atoms with Gasteiger partial charge in [-0.25, -0.2) is 8.42 Å². The monoisotopic (exact) mass is 361 g/mol. The number of furan rings is 1. The molecule has 1 aliphatic carbocycles. The Balaban J connectivity index is 1.78. The summed E-state index contributed by atoms with van der Waals surface area (Å²) >= 11 is 0. The Morgan fingerprint density at radius 1 is 1.08 bits per heavy atom. The maximum Gasteiger partial charge on any atom is 0.223 e. The van der Waals surface area contributed by atoms with Crippen molar-refractivity contribution >= 4 is 15.7 Å². The molecule has 134 valence electrons. The second-order valence-corrected chi connectivity index (χ2v) is 8.57. The fourth-order valence-electron chi connectivity index (χ4n) is 3.31. The van der Waals surface area contributed by atoms with Gasteiger partial charge in [-0.2, -0.15) is 0 Å². The van der Waals surface area contributed by atoms with Gasteiger partial charge in [-0.3, -0.25) is 4.79 Å². The second kappa shape index (κ2) is 7.87. The third kappa shape index (κ3) is 4.12. The van der Waals surface area contributed by atoms with Gasteiger partial charge in [0.1, 0.15) is 11.0 Å². The van der Waals surface area contributed by atoms with E-state index in [2.05, 4.69) is 5.32 Å². The third-order valence-corrected chi connectivity index (χ3v) is 6.82. The Hall–Kier alpha value is -2.08. The highest BCUT2D eigenvalue weighted by atomic mass is 32.2. The lowest BCUT2D eigenvalue weighted by Crippen LogP contribution is -2.36. The maximum absolute atomic E-state index is 13.0. The Morgan fingerprint density at radius 3 is 2.44 bits per heavy atom. The summed E-state index contributed by atoms with van der Waals surface area (Å²) in [5.74, 6) is 0.276. The van der Waals surface area contributed by atoms with E-state index >= 15 is 0 Å². The molecule has 3 rings (SSSR count). The SMILES string of the molecule is O=C(NC[C@@H](c1ccco1)S(=O)(=O)c1ccccc1)C1CCCCC1. The first-order valence-corrected chi connectivity index (χ1v) is 10.2. The molecule has 1 amide bonds. The summed E-state index contributed by atoms with van der Waals surface area (Å²) in [5.41, 5.74) is 0. The highest BCUT2D eigenvalue weighted by Gasteiger charge is 2.32. The van der Waals surface area contributed by atoms with E-state index in [1.807, 2.05) is 0 Å². The minimum Gasteiger partial charge on any atom is -0.468 e. The van der Waals surface area contributed by atoms with E-state index in [4.69, 9.17) is 4.42 Å². The zero-order valence-corrected chi connectivity index (χ0v) is 14.9. The summed E-state index contributed by atoms with van der Waals surface area (Å²) in [7, 11) is -3.66. The van der Waals surface area contributed by atoms with Gasteiger partial charge in [-0.1, -0.05) is 37.5 Å². The number of hydrogen-bond donors (Lipinski definition) is 1. The van der Waals surface area contributed by atoms with Crippen molar-refractivity contribution in [1.29, 1.82) is 0 Å². The van der Waals surface area contributed by atoms with Gasteiger partial charge in [0.25, 0.3) is 0 Å². The smallest absolute Gasteiger partial charge is 0.223 e. The molecule has 1 heterocycles. The molecule has 1 N–H and O–H groups in total. The Bertz CT molecular complexity index is 778. The zero-order valence-electron chi connectivity index (χ0n) is 14.1. The van der Waals surface area contributed by atoms with Gasteiger partial charge in [0, 0.05) is 12.5 Å². The molecule has 25 heavy (non-hydrogen) atoms. The third-order valence-electron chi connectivity index (χ3n) is 4.74. The van der Waals surface area contributed by atoms with Gasteiger partial charge in [-0.05, 0) is 37.1 Å². The molecule has 0 aliphatic heterocycles. The molecule has 1 aromatic carbocycles. The second-order valence-electron chi connectivity index (χ2n) is 6.44. The number of benzene rings is 1. The van der Waals surface area contributed by atoms with E-state index in [1.165, 1.54) is 12.7 Å². The van der Waals surface area contributed by atoms with Crippen LogP contribution in [0.15, 0.2) is 58.0 Å². The lowest BCUT2D eigenvalue weighted by Gasteiger charge is -2.22. The normalized spacial score (nSPS) is 17.1. The van der Waals surface area contributed by atoms with Crippen LogP contribution in [0, 0.1) is 5.92 Å². The van der Waals surface area contributed by atoms with Crippen molar-refractivity contribution in [2.24, 2.45) is 5.92 Å². The topological polar surface area (TPSA) is 76.4 Å². The van der Waals surface area contributed by atoms with Gasteiger partial charge in [0.2, 0.25) is 5.91 Å². The van der Waals surface area contributed by atoms with Crippen molar-refractivity contribution in [3.8, 4) is 0 Å². The van der Waals surface area contributed by atoms with E-state index in [1.54, 1.807) is 42.5 Å². The molecule has 6 heteroatoms. The molecule has 5 nitrogen and oxygen atoms in total. The van der Waals surface area contributed by atoms with Crippen LogP contribution in [0.3, 0.4) is 0 Å². The van der Waals surface area contributed by atoms with E-state index in [9.17, 15) is 13.2 Å². The molecule has 0 radical (unpaired) electrons. The van der Waals surface area contributed by atoms with Crippen molar-refractivity contribution < 1.29 is 17.6 Å². The molecule has 1 aromatic heterocycles. The Morgan fingerprint density at radius 2 is 1.80 bits per heavy atom. The quantitative estimate of drug-likeness (QED) is 0.854. The first-order valence-electron chi connectivity index (χ1n) is 8.69. The van der Waals surface area contributed by atoms with Crippen LogP contribution in [0.5, 0.6) is 0 Å². The van der Waals surface area contributed by atoms with Crippen LogP contribution in [0.4, 0.5) is 0 Å². The number of carbonyl (C=O) groups is 1. The van der Waals surface area contributed by atoms with Crippen LogP contribution < -0.4 is 5.32 Å². The van der Waals surface area contributed by atoms with E-state index in [0.717, 1.165) is 25.7 Å². The van der Waals surface area contributed by atoms with E-state index in [0.29, 0.717) is 5.76 Å². The molecule has 0 saturated heterocycles. The molecular weight excluding hydrogens is 338 g/mol. The van der Waals surface area contributed by atoms with Crippen LogP contribution in [-0.4, -0.2) is 20.9 Å². The number of amides is 1. The summed E-state index contributed by atoms with van der Waals surface area (Å²) in [6.07, 6.45) is 6.49. The van der Waals surface area contributed by atoms with Crippen LogP contribution in [-0.2, 0) is 14.6 Å². The fourth-order valence-corrected chi connectivity index (χ4v) is 4.92. The highest BCUT2D eigenvalue weighted by molar-refractivity contribution is 7.91. The summed E-state index contributed by atoms with van der Waals surface area (Å²) in [6, 6.07) is 11.6. The maximum atomic E-state index is 13.0. The zero-order chi connectivity index (χ0) is 17.7. The molecule has 1 saturated carbocycles. The summed E-state index contributed by atoms with van der Waals surface area (Å²) < 4.78 is 31.4. The number of carbonyl (C=O) groups excluding carboxylic acids is 1. The highest BCUT2D eigenvalue weighted by Crippen LogP contribution is 2.29. The van der Waals surface area contributed by atoms with Crippen LogP contribution >= 0.6 is 0 Å². The summed E-state index contributed by atoms with van der Waals surface area (Å²) in [5, 5.41) is 1.91. The van der Waals surface area contributed by atoms with Crippen molar-refractivity contribution in [3.63, 3.8) is 0 Å². The Kier molecular flexibility index (Phi) is 5.58. The number of sulfone groups is 1. The van der Waals surface area contributed by atoms with Crippen molar-refractivity contribution in [2.75, 3.05) is 6.54 Å². The van der Waals surface area contributed by atoms with E-state index in [-0.39, 0.29) is 23.3 Å². The molecule has 0 unspecified atom stereocenters. The molecule has 1 atom stereocenters. The number of rotatable bonds is 6. The van der Waals surface area contributed by atoms with Crippen LogP contribution in [0.1, 0.15) is 43.1 Å². The van der Waals surface area contributed by atoms with E-state index < -0.39 is 15.1 Å². The minimum atomic E-state index is -3.66. The first-order chi connectivity index (χ1) is 12.1. The van der Waals surface area contributed by atoms with Gasteiger partial charge >= 0.3 is 0 Å². The predicted molar refractivity (Wildman–Crippen MR) is 94.7 cm³/mol. The molecule has 2 aromatic rings. The van der Waals surface area contributed by atoms with Crippen LogP contribution in [0.2, 0.25) is 0 Å². The van der Waals surface area contributed by atoms with Crippen molar-refractivity contribution in [3.05, 3.63) is 54.5 Å². The molecule has 0 bridgehead atoms. The van der Waals surface area contributed by atoms with Crippen LogP contribution in [0.25, 0.3) is 0 Å². The Labute approximate surface area is 148 Å².